The van der Waals surface area contributed by atoms with Gasteiger partial charge in [-0.05, 0) is 31.0 Å². The molecule has 0 aromatic heterocycles. The Morgan fingerprint density at radius 3 is 2.79 bits per heavy atom. The molecule has 4 nitrogen and oxygen atoms in total. The summed E-state index contributed by atoms with van der Waals surface area (Å²) in [7, 11) is 1.66. The van der Waals surface area contributed by atoms with Crippen molar-refractivity contribution in [2.24, 2.45) is 4.99 Å². The first-order valence-corrected chi connectivity index (χ1v) is 6.43. The molecule has 0 aliphatic carbocycles. The van der Waals surface area contributed by atoms with Gasteiger partial charge in [0.05, 0.1) is 13.2 Å². The summed E-state index contributed by atoms with van der Waals surface area (Å²) in [4.78, 5) is 4.44. The summed E-state index contributed by atoms with van der Waals surface area (Å²) in [6.07, 6.45) is 0. The van der Waals surface area contributed by atoms with E-state index in [-0.39, 0.29) is 5.82 Å². The van der Waals surface area contributed by atoms with Crippen LogP contribution in [0.15, 0.2) is 23.2 Å². The molecule has 0 heterocycles. The van der Waals surface area contributed by atoms with E-state index in [1.807, 2.05) is 13.0 Å². The minimum Gasteiger partial charge on any atom is -0.383 e. The smallest absolute Gasteiger partial charge is 0.191 e. The number of nitrogens with one attached hydrogen (secondary N) is 2. The van der Waals surface area contributed by atoms with Crippen molar-refractivity contribution in [3.05, 3.63) is 35.1 Å². The molecule has 0 saturated heterocycles. The Kier molecular flexibility index (Phi) is 6.89. The molecule has 0 unspecified atom stereocenters. The first-order chi connectivity index (χ1) is 9.17. The van der Waals surface area contributed by atoms with Crippen molar-refractivity contribution in [1.29, 1.82) is 0 Å². The molecule has 0 saturated carbocycles. The van der Waals surface area contributed by atoms with Gasteiger partial charge in [-0.3, -0.25) is 0 Å². The van der Waals surface area contributed by atoms with Crippen LogP contribution in [0, 0.1) is 12.7 Å². The number of guanidine groups is 1. The SMILES string of the molecule is CCNC(=NCc1ccc(F)c(C)c1)NCCOC. The Balaban J connectivity index is 2.60. The first kappa shape index (κ1) is 15.4. The zero-order valence-corrected chi connectivity index (χ0v) is 11.8. The number of halogens is 1. The maximum absolute atomic E-state index is 13.1. The Morgan fingerprint density at radius 2 is 2.16 bits per heavy atom. The van der Waals surface area contributed by atoms with Gasteiger partial charge in [0, 0.05) is 20.2 Å². The van der Waals surface area contributed by atoms with Gasteiger partial charge in [0.2, 0.25) is 0 Å². The molecule has 0 amide bonds. The number of hydrogen-bond donors (Lipinski definition) is 2. The molecular weight excluding hydrogens is 245 g/mol. The quantitative estimate of drug-likeness (QED) is 0.469. The van der Waals surface area contributed by atoms with Crippen molar-refractivity contribution in [2.75, 3.05) is 26.8 Å². The monoisotopic (exact) mass is 267 g/mol. The second kappa shape index (κ2) is 8.48. The van der Waals surface area contributed by atoms with Gasteiger partial charge in [0.1, 0.15) is 5.82 Å². The highest BCUT2D eigenvalue weighted by Gasteiger charge is 2.00. The lowest BCUT2D eigenvalue weighted by Crippen LogP contribution is -2.38. The fourth-order valence-corrected chi connectivity index (χ4v) is 1.59. The molecule has 0 aliphatic rings. The third kappa shape index (κ3) is 5.70. The van der Waals surface area contributed by atoms with Gasteiger partial charge < -0.3 is 15.4 Å². The standard InChI is InChI=1S/C14H22FN3O/c1-4-16-14(17-7-8-19-3)18-10-12-5-6-13(15)11(2)9-12/h5-6,9H,4,7-8,10H2,1-3H3,(H2,16,17,18). The lowest BCUT2D eigenvalue weighted by Gasteiger charge is -2.10. The van der Waals surface area contributed by atoms with Gasteiger partial charge in [-0.25, -0.2) is 9.38 Å². The Bertz CT molecular complexity index is 421. The Morgan fingerprint density at radius 1 is 1.37 bits per heavy atom. The number of aliphatic imine (C=N–C) groups is 1. The maximum atomic E-state index is 13.1. The predicted molar refractivity (Wildman–Crippen MR) is 75.8 cm³/mol. The van der Waals surface area contributed by atoms with Crippen LogP contribution in [0.2, 0.25) is 0 Å². The fraction of sp³-hybridized carbons (Fsp3) is 0.500. The van der Waals surface area contributed by atoms with E-state index in [1.165, 1.54) is 6.07 Å². The lowest BCUT2D eigenvalue weighted by molar-refractivity contribution is 0.203. The molecule has 0 spiro atoms. The normalized spacial score (nSPS) is 11.5. The number of rotatable bonds is 6. The topological polar surface area (TPSA) is 45.7 Å². The van der Waals surface area contributed by atoms with Crippen LogP contribution >= 0.6 is 0 Å². The van der Waals surface area contributed by atoms with E-state index in [9.17, 15) is 4.39 Å². The van der Waals surface area contributed by atoms with E-state index in [4.69, 9.17) is 4.74 Å². The summed E-state index contributed by atoms with van der Waals surface area (Å²) in [6.45, 7) is 6.40. The molecule has 1 aromatic carbocycles. The van der Waals surface area contributed by atoms with Crippen LogP contribution in [0.25, 0.3) is 0 Å². The highest BCUT2D eigenvalue weighted by Crippen LogP contribution is 2.09. The predicted octanol–water partition coefficient (Wildman–Crippen LogP) is 1.84. The molecule has 1 rings (SSSR count). The summed E-state index contributed by atoms with van der Waals surface area (Å²) in [5, 5.41) is 6.30. The van der Waals surface area contributed by atoms with Crippen molar-refractivity contribution < 1.29 is 9.13 Å². The maximum Gasteiger partial charge on any atom is 0.191 e. The second-order valence-corrected chi connectivity index (χ2v) is 4.20. The van der Waals surface area contributed by atoms with E-state index in [1.54, 1.807) is 20.1 Å². The van der Waals surface area contributed by atoms with E-state index >= 15 is 0 Å². The minimum absolute atomic E-state index is 0.183. The molecule has 106 valence electrons. The van der Waals surface area contributed by atoms with Crippen molar-refractivity contribution in [1.82, 2.24) is 10.6 Å². The van der Waals surface area contributed by atoms with Crippen LogP contribution < -0.4 is 10.6 Å². The van der Waals surface area contributed by atoms with Gasteiger partial charge >= 0.3 is 0 Å². The third-order valence-electron chi connectivity index (χ3n) is 2.58. The van der Waals surface area contributed by atoms with Crippen LogP contribution in [0.4, 0.5) is 4.39 Å². The van der Waals surface area contributed by atoms with Crippen LogP contribution in [-0.4, -0.2) is 32.8 Å². The van der Waals surface area contributed by atoms with Crippen molar-refractivity contribution in [3.63, 3.8) is 0 Å². The molecule has 0 radical (unpaired) electrons. The van der Waals surface area contributed by atoms with E-state index in [2.05, 4.69) is 15.6 Å². The number of benzene rings is 1. The summed E-state index contributed by atoms with van der Waals surface area (Å²) >= 11 is 0. The summed E-state index contributed by atoms with van der Waals surface area (Å²) in [5.41, 5.74) is 1.63. The molecule has 0 aliphatic heterocycles. The van der Waals surface area contributed by atoms with Gasteiger partial charge in [0.15, 0.2) is 5.96 Å². The fourth-order valence-electron chi connectivity index (χ4n) is 1.59. The Labute approximate surface area is 114 Å². The average Bonchev–Trinajstić information content (AvgIpc) is 2.40. The number of hydrogen-bond acceptors (Lipinski definition) is 2. The molecular formula is C14H22FN3O. The number of nitrogens with zero attached hydrogens (tertiary/aromatic N) is 1. The average molecular weight is 267 g/mol. The van der Waals surface area contributed by atoms with Crippen molar-refractivity contribution >= 4 is 5.96 Å². The number of ether oxygens (including phenoxy) is 1. The van der Waals surface area contributed by atoms with Crippen molar-refractivity contribution in [3.8, 4) is 0 Å². The molecule has 0 fully saturated rings. The van der Waals surface area contributed by atoms with Gasteiger partial charge in [-0.2, -0.15) is 0 Å². The number of aryl methyl sites for hydroxylation is 1. The van der Waals surface area contributed by atoms with Gasteiger partial charge in [-0.1, -0.05) is 12.1 Å². The molecule has 2 N–H and O–H groups in total. The van der Waals surface area contributed by atoms with Gasteiger partial charge in [0.25, 0.3) is 0 Å². The second-order valence-electron chi connectivity index (χ2n) is 4.20. The molecule has 19 heavy (non-hydrogen) atoms. The minimum atomic E-state index is -0.183. The van der Waals surface area contributed by atoms with Crippen LogP contribution in [0.1, 0.15) is 18.1 Å². The third-order valence-corrected chi connectivity index (χ3v) is 2.58. The highest BCUT2D eigenvalue weighted by molar-refractivity contribution is 5.79. The zero-order valence-electron chi connectivity index (χ0n) is 11.8. The van der Waals surface area contributed by atoms with Crippen LogP contribution in [0.5, 0.6) is 0 Å². The first-order valence-electron chi connectivity index (χ1n) is 6.43. The summed E-state index contributed by atoms with van der Waals surface area (Å²) < 4.78 is 18.1. The summed E-state index contributed by atoms with van der Waals surface area (Å²) in [5.74, 6) is 0.555. The summed E-state index contributed by atoms with van der Waals surface area (Å²) in [6, 6.07) is 5.05. The zero-order chi connectivity index (χ0) is 14.1. The molecule has 0 atom stereocenters. The van der Waals surface area contributed by atoms with Crippen molar-refractivity contribution in [2.45, 2.75) is 20.4 Å². The highest BCUT2D eigenvalue weighted by atomic mass is 19.1. The van der Waals surface area contributed by atoms with Gasteiger partial charge in [-0.15, -0.1) is 0 Å². The van der Waals surface area contributed by atoms with E-state index in [0.717, 1.165) is 18.1 Å². The Hall–Kier alpha value is -1.62. The lowest BCUT2D eigenvalue weighted by atomic mass is 10.1. The van der Waals surface area contributed by atoms with E-state index < -0.39 is 0 Å². The molecule has 5 heteroatoms. The van der Waals surface area contributed by atoms with Crippen LogP contribution in [0.3, 0.4) is 0 Å². The molecule has 1 aromatic rings. The van der Waals surface area contributed by atoms with E-state index in [0.29, 0.717) is 25.3 Å². The largest absolute Gasteiger partial charge is 0.383 e. The molecule has 0 bridgehead atoms. The van der Waals surface area contributed by atoms with Crippen LogP contribution in [-0.2, 0) is 11.3 Å². The number of methoxy groups -OCH3 is 1.